The molecule has 0 fully saturated rings. The predicted octanol–water partition coefficient (Wildman–Crippen LogP) is 2.26. The summed E-state index contributed by atoms with van der Waals surface area (Å²) in [4.78, 5) is 4.59. The second kappa shape index (κ2) is 12.9. The number of hydrogen-bond acceptors (Lipinski definition) is 4. The Morgan fingerprint density at radius 1 is 1.20 bits per heavy atom. The molecule has 0 saturated heterocycles. The number of aromatic nitrogens is 3. The van der Waals surface area contributed by atoms with Crippen LogP contribution in [0.15, 0.2) is 29.4 Å². The number of ether oxygens (including phenoxy) is 1. The average Bonchev–Trinajstić information content (AvgIpc) is 3.01. The van der Waals surface area contributed by atoms with Crippen LogP contribution < -0.4 is 10.6 Å². The lowest BCUT2D eigenvalue weighted by molar-refractivity contribution is 0.144. The molecule has 0 bridgehead atoms. The molecule has 0 atom stereocenters. The van der Waals surface area contributed by atoms with Crippen LogP contribution >= 0.6 is 24.0 Å². The van der Waals surface area contributed by atoms with Crippen molar-refractivity contribution in [2.75, 3.05) is 32.8 Å². The van der Waals surface area contributed by atoms with Crippen LogP contribution in [0.25, 0.3) is 5.65 Å². The van der Waals surface area contributed by atoms with Crippen molar-refractivity contribution < 1.29 is 4.74 Å². The van der Waals surface area contributed by atoms with Gasteiger partial charge in [0, 0.05) is 45.5 Å². The van der Waals surface area contributed by atoms with Gasteiger partial charge >= 0.3 is 0 Å². The summed E-state index contributed by atoms with van der Waals surface area (Å²) >= 11 is 0. The van der Waals surface area contributed by atoms with E-state index in [0.717, 1.165) is 69.5 Å². The topological polar surface area (TPSA) is 75.8 Å². The number of unbranched alkanes of at least 4 members (excludes halogenated alkanes) is 1. The third kappa shape index (κ3) is 7.55. The Morgan fingerprint density at radius 3 is 2.88 bits per heavy atom. The molecule has 25 heavy (non-hydrogen) atoms. The molecule has 0 aliphatic heterocycles. The van der Waals surface area contributed by atoms with Gasteiger partial charge in [0.05, 0.1) is 0 Å². The molecule has 0 aliphatic rings. The summed E-state index contributed by atoms with van der Waals surface area (Å²) in [5.74, 6) is 1.80. The number of guanidine groups is 1. The Kier molecular flexibility index (Phi) is 11.1. The molecular formula is C17H29IN6O. The molecule has 8 heteroatoms. The van der Waals surface area contributed by atoms with Crippen molar-refractivity contribution in [2.45, 2.75) is 33.1 Å². The lowest BCUT2D eigenvalue weighted by atomic mass is 10.3. The predicted molar refractivity (Wildman–Crippen MR) is 112 cm³/mol. The number of rotatable bonds is 10. The number of fused-ring (bicyclic) bond motifs is 1. The Labute approximate surface area is 166 Å². The third-order valence-electron chi connectivity index (χ3n) is 3.54. The zero-order valence-electron chi connectivity index (χ0n) is 15.1. The molecular weight excluding hydrogens is 431 g/mol. The van der Waals surface area contributed by atoms with Gasteiger partial charge in [-0.2, -0.15) is 0 Å². The van der Waals surface area contributed by atoms with Crippen molar-refractivity contribution in [2.24, 2.45) is 4.99 Å². The molecule has 0 spiro atoms. The Bertz CT molecular complexity index is 630. The second-order valence-corrected chi connectivity index (χ2v) is 5.39. The lowest BCUT2D eigenvalue weighted by Crippen LogP contribution is -2.38. The SMILES string of the molecule is CCNC(=NCCCCOCC)NCCc1nnc2ccccn12.I. The van der Waals surface area contributed by atoms with Gasteiger partial charge in [-0.1, -0.05) is 6.07 Å². The van der Waals surface area contributed by atoms with E-state index in [1.807, 2.05) is 35.7 Å². The van der Waals surface area contributed by atoms with Crippen molar-refractivity contribution in [3.63, 3.8) is 0 Å². The van der Waals surface area contributed by atoms with E-state index in [0.29, 0.717) is 0 Å². The minimum Gasteiger partial charge on any atom is -0.382 e. The lowest BCUT2D eigenvalue weighted by Gasteiger charge is -2.10. The first-order valence-electron chi connectivity index (χ1n) is 8.73. The van der Waals surface area contributed by atoms with Crippen LogP contribution in [0.5, 0.6) is 0 Å². The summed E-state index contributed by atoms with van der Waals surface area (Å²) in [5, 5.41) is 15.0. The molecule has 0 unspecified atom stereocenters. The first kappa shape index (κ1) is 21.6. The Hall–Kier alpha value is -1.42. The van der Waals surface area contributed by atoms with Crippen LogP contribution in [-0.4, -0.2) is 53.4 Å². The number of pyridine rings is 1. The van der Waals surface area contributed by atoms with Gasteiger partial charge in [-0.25, -0.2) is 0 Å². The van der Waals surface area contributed by atoms with Gasteiger partial charge in [-0.3, -0.25) is 9.39 Å². The third-order valence-corrected chi connectivity index (χ3v) is 3.54. The van der Waals surface area contributed by atoms with E-state index in [1.165, 1.54) is 0 Å². The summed E-state index contributed by atoms with van der Waals surface area (Å²) in [7, 11) is 0. The first-order chi connectivity index (χ1) is 11.8. The maximum absolute atomic E-state index is 5.33. The molecule has 0 amide bonds. The maximum Gasteiger partial charge on any atom is 0.191 e. The number of nitrogens with zero attached hydrogens (tertiary/aromatic N) is 4. The van der Waals surface area contributed by atoms with Crippen LogP contribution in [0.3, 0.4) is 0 Å². The van der Waals surface area contributed by atoms with Crippen LogP contribution in [0.2, 0.25) is 0 Å². The summed E-state index contributed by atoms with van der Waals surface area (Å²) in [5.41, 5.74) is 0.877. The summed E-state index contributed by atoms with van der Waals surface area (Å²) in [6.07, 6.45) is 4.86. The average molecular weight is 460 g/mol. The van der Waals surface area contributed by atoms with Crippen LogP contribution in [0.1, 0.15) is 32.5 Å². The second-order valence-electron chi connectivity index (χ2n) is 5.39. The fraction of sp³-hybridized carbons (Fsp3) is 0.588. The van der Waals surface area contributed by atoms with Crippen molar-refractivity contribution in [3.05, 3.63) is 30.2 Å². The smallest absolute Gasteiger partial charge is 0.191 e. The fourth-order valence-electron chi connectivity index (χ4n) is 2.35. The number of nitrogens with one attached hydrogen (secondary N) is 2. The number of hydrogen-bond donors (Lipinski definition) is 2. The van der Waals surface area contributed by atoms with Crippen molar-refractivity contribution in [1.29, 1.82) is 0 Å². The summed E-state index contributed by atoms with van der Waals surface area (Å²) < 4.78 is 7.35. The Morgan fingerprint density at radius 2 is 2.08 bits per heavy atom. The molecule has 7 nitrogen and oxygen atoms in total. The number of aliphatic imine (C=N–C) groups is 1. The largest absolute Gasteiger partial charge is 0.382 e. The zero-order valence-corrected chi connectivity index (χ0v) is 17.4. The van der Waals surface area contributed by atoms with Gasteiger partial charge in [0.25, 0.3) is 0 Å². The van der Waals surface area contributed by atoms with Gasteiger partial charge in [-0.15, -0.1) is 34.2 Å². The van der Waals surface area contributed by atoms with E-state index in [9.17, 15) is 0 Å². The van der Waals surface area contributed by atoms with E-state index in [-0.39, 0.29) is 24.0 Å². The molecule has 2 aromatic heterocycles. The first-order valence-corrected chi connectivity index (χ1v) is 8.73. The minimum absolute atomic E-state index is 0. The van der Waals surface area contributed by atoms with Crippen LogP contribution in [0.4, 0.5) is 0 Å². The standard InChI is InChI=1S/C17H28N6O.HI/c1-3-18-17(19-11-6-8-14-24-4-2)20-12-10-16-22-21-15-9-5-7-13-23(15)16;/h5,7,9,13H,3-4,6,8,10-12,14H2,1-2H3,(H2,18,19,20);1H. The van der Waals surface area contributed by atoms with E-state index in [1.54, 1.807) is 0 Å². The van der Waals surface area contributed by atoms with Crippen molar-refractivity contribution >= 4 is 35.6 Å². The van der Waals surface area contributed by atoms with E-state index >= 15 is 0 Å². The number of halogens is 1. The van der Waals surface area contributed by atoms with Gasteiger partial charge < -0.3 is 15.4 Å². The summed E-state index contributed by atoms with van der Waals surface area (Å²) in [6, 6.07) is 5.91. The maximum atomic E-state index is 5.33. The molecule has 0 aromatic carbocycles. The van der Waals surface area contributed by atoms with Gasteiger partial charge in [0.1, 0.15) is 5.82 Å². The highest BCUT2D eigenvalue weighted by molar-refractivity contribution is 14.0. The fourth-order valence-corrected chi connectivity index (χ4v) is 2.35. The normalized spacial score (nSPS) is 11.4. The molecule has 0 saturated carbocycles. The van der Waals surface area contributed by atoms with Crippen molar-refractivity contribution in [1.82, 2.24) is 25.2 Å². The summed E-state index contributed by atoms with van der Waals surface area (Å²) in [6.45, 7) is 8.10. The van der Waals surface area contributed by atoms with Crippen LogP contribution in [0, 0.1) is 0 Å². The van der Waals surface area contributed by atoms with E-state index in [4.69, 9.17) is 4.74 Å². The highest BCUT2D eigenvalue weighted by atomic mass is 127. The molecule has 0 radical (unpaired) electrons. The van der Waals surface area contributed by atoms with Gasteiger partial charge in [0.2, 0.25) is 0 Å². The van der Waals surface area contributed by atoms with E-state index in [2.05, 4.69) is 32.7 Å². The molecule has 0 aliphatic carbocycles. The van der Waals surface area contributed by atoms with Gasteiger partial charge in [0.15, 0.2) is 11.6 Å². The van der Waals surface area contributed by atoms with Crippen molar-refractivity contribution in [3.8, 4) is 0 Å². The van der Waals surface area contributed by atoms with Crippen LogP contribution in [-0.2, 0) is 11.2 Å². The molecule has 2 rings (SSSR count). The van der Waals surface area contributed by atoms with E-state index < -0.39 is 0 Å². The highest BCUT2D eigenvalue weighted by Gasteiger charge is 2.04. The molecule has 140 valence electrons. The Balaban J connectivity index is 0.00000312. The minimum atomic E-state index is 0. The van der Waals surface area contributed by atoms with Gasteiger partial charge in [-0.05, 0) is 38.8 Å². The quantitative estimate of drug-likeness (QED) is 0.246. The highest BCUT2D eigenvalue weighted by Crippen LogP contribution is 2.02. The molecule has 2 N–H and O–H groups in total. The zero-order chi connectivity index (χ0) is 17.0. The molecule has 2 heterocycles. The molecule has 2 aromatic rings. The monoisotopic (exact) mass is 460 g/mol.